The Hall–Kier alpha value is -2.84. The summed E-state index contributed by atoms with van der Waals surface area (Å²) in [6.07, 6.45) is 12.2. The Morgan fingerprint density at radius 2 is 0.529 bits per heavy atom. The Labute approximate surface area is 613 Å². The quantitative estimate of drug-likeness (QED) is 0.0523. The van der Waals surface area contributed by atoms with E-state index in [0.717, 1.165) is 77.0 Å². The molecule has 0 amide bonds. The lowest BCUT2D eigenvalue weighted by molar-refractivity contribution is -0.571. The van der Waals surface area contributed by atoms with Gasteiger partial charge in [-0.1, -0.05) is 55.4 Å². The summed E-state index contributed by atoms with van der Waals surface area (Å²) in [7, 11) is 0. The Kier molecular flexibility index (Phi) is 20.8. The maximum Gasteiger partial charge on any atom is 0.320 e. The number of nitrogens with zero attached hydrogens (tertiary/aromatic N) is 2. The second-order valence-corrected chi connectivity index (χ2v) is 36.2. The number of ether oxygens (including phenoxy) is 12. The minimum absolute atomic E-state index is 0.0350. The van der Waals surface area contributed by atoms with E-state index in [9.17, 15) is 19.2 Å². The van der Waals surface area contributed by atoms with E-state index in [2.05, 4.69) is 55.4 Å². The molecule has 586 valence electrons. The molecule has 4 saturated carbocycles. The summed E-state index contributed by atoms with van der Waals surface area (Å²) in [5.74, 6) is -2.99. The van der Waals surface area contributed by atoms with Crippen molar-refractivity contribution in [2.24, 2.45) is 94.7 Å². The van der Waals surface area contributed by atoms with Crippen molar-refractivity contribution < 1.29 is 115 Å². The molecule has 26 nitrogen and oxygen atoms in total. The summed E-state index contributed by atoms with van der Waals surface area (Å²) in [5.41, 5.74) is -2.92. The maximum atomic E-state index is 14.4. The highest BCUT2D eigenvalue weighted by atomic mass is 17.3. The van der Waals surface area contributed by atoms with Crippen LogP contribution in [0.25, 0.3) is 0 Å². The van der Waals surface area contributed by atoms with Crippen LogP contribution < -0.4 is 0 Å². The van der Waals surface area contributed by atoms with E-state index >= 15 is 0 Å². The fraction of sp³-hybridized carbons (Fsp3) is 0.949. The van der Waals surface area contributed by atoms with Crippen molar-refractivity contribution in [1.82, 2.24) is 9.80 Å². The van der Waals surface area contributed by atoms with Gasteiger partial charge in [-0.15, -0.1) is 0 Å². The first kappa shape index (κ1) is 75.2. The van der Waals surface area contributed by atoms with E-state index in [0.29, 0.717) is 75.0 Å². The molecular weight excluding hydrogens is 1350 g/mol. The third-order valence-electron chi connectivity index (χ3n) is 30.0. The van der Waals surface area contributed by atoms with Crippen LogP contribution in [0.5, 0.6) is 0 Å². The molecule has 4 spiro atoms. The molecule has 8 unspecified atom stereocenters. The van der Waals surface area contributed by atoms with E-state index in [1.807, 2.05) is 27.7 Å². The topological polar surface area (TPSA) is 259 Å². The third kappa shape index (κ3) is 13.1. The number of hydrogen-bond donors (Lipinski definition) is 0. The molecule has 16 saturated heterocycles. The van der Waals surface area contributed by atoms with E-state index in [1.54, 1.807) is 9.80 Å². The van der Waals surface area contributed by atoms with Crippen LogP contribution in [0.3, 0.4) is 0 Å². The fourth-order valence-electron chi connectivity index (χ4n) is 24.0. The molecule has 0 N–H and O–H groups in total. The molecule has 0 aromatic rings. The molecule has 0 radical (unpaired) electrons. The number of hydrogen-bond acceptors (Lipinski definition) is 26. The lowest BCUT2D eigenvalue weighted by atomic mass is 9.57. The van der Waals surface area contributed by atoms with Gasteiger partial charge in [0, 0.05) is 88.1 Å². The molecular formula is C78H120N2O24. The van der Waals surface area contributed by atoms with Gasteiger partial charge in [-0.05, 0) is 176 Å². The van der Waals surface area contributed by atoms with Gasteiger partial charge in [0.05, 0.1) is 77.0 Å². The summed E-state index contributed by atoms with van der Waals surface area (Å²) >= 11 is 0. The average molecular weight is 1470 g/mol. The summed E-state index contributed by atoms with van der Waals surface area (Å²) in [5, 5.41) is 0. The fourth-order valence-corrected chi connectivity index (χ4v) is 24.0. The summed E-state index contributed by atoms with van der Waals surface area (Å²) in [6.45, 7) is 24.5. The lowest BCUT2D eigenvalue weighted by Gasteiger charge is -2.60. The van der Waals surface area contributed by atoms with Crippen LogP contribution in [-0.2, 0) is 115 Å². The van der Waals surface area contributed by atoms with Crippen molar-refractivity contribution in [3.8, 4) is 0 Å². The van der Waals surface area contributed by atoms with E-state index < -0.39 is 94.6 Å². The van der Waals surface area contributed by atoms with Crippen molar-refractivity contribution >= 4 is 23.9 Å². The molecule has 0 aromatic heterocycles. The van der Waals surface area contributed by atoms with Gasteiger partial charge < -0.3 is 56.8 Å². The molecule has 16 heterocycles. The van der Waals surface area contributed by atoms with Crippen LogP contribution in [0.15, 0.2) is 0 Å². The number of rotatable bonds is 23. The molecule has 16 aliphatic heterocycles. The van der Waals surface area contributed by atoms with E-state index in [1.165, 1.54) is 0 Å². The van der Waals surface area contributed by atoms with Crippen molar-refractivity contribution in [2.75, 3.05) is 65.7 Å². The van der Waals surface area contributed by atoms with Crippen molar-refractivity contribution in [1.29, 1.82) is 0 Å². The van der Waals surface area contributed by atoms with Gasteiger partial charge in [0.2, 0.25) is 23.1 Å². The van der Waals surface area contributed by atoms with Crippen LogP contribution in [0, 0.1) is 94.7 Å². The second-order valence-electron chi connectivity index (χ2n) is 36.2. The molecule has 8 bridgehead atoms. The monoisotopic (exact) mass is 1470 g/mol. The highest BCUT2D eigenvalue weighted by Crippen LogP contribution is 2.66. The smallest absolute Gasteiger partial charge is 0.320 e. The van der Waals surface area contributed by atoms with Gasteiger partial charge in [0.25, 0.3) is 0 Å². The van der Waals surface area contributed by atoms with Crippen molar-refractivity contribution in [3.63, 3.8) is 0 Å². The van der Waals surface area contributed by atoms with Gasteiger partial charge in [-0.2, -0.15) is 0 Å². The Morgan fingerprint density at radius 3 is 0.750 bits per heavy atom. The standard InChI is InChI=1S/C78H120N2O24/c1-43-13-17-55-47(5)59(89-67-75(55)51(43)21-29-71(9,93-67)97-101-75)25-35-85-63(81)39-79(40-64(82)86-36-26-60-48(6)56-18-14-44(2)52-22-30-72(10)94-68(90-60)76(52,56)102-98-72)33-34-80(41-65(83)87-37-27-61-49(7)57-19-15-45(3)53-23-31-73(11)95-69(91-61)77(53,57)103-99-73)42-66(84)88-38-28-62-50(8)58-20-16-46(4)54-24-32-74(12)96-70(92-62)78(54,58)104-100-74/h43-62,67-70H,13-42H2,1-12H3/t43-,44-,45-,46-,47-,48-,49-,50-,51+,52+,53+,54+,55+,56+,57+,58+,59?,60?,61?,62?,67-,68-,69-,70-,71?,72?,73?,74?,75-,76-,77-,78-/m1/s1. The third-order valence-corrected chi connectivity index (χ3v) is 30.0. The van der Waals surface area contributed by atoms with Crippen molar-refractivity contribution in [2.45, 2.75) is 307 Å². The molecule has 26 heteroatoms. The number of carbonyl (C=O) groups is 4. The summed E-state index contributed by atoms with van der Waals surface area (Å²) in [4.78, 5) is 111. The maximum absolute atomic E-state index is 14.4. The van der Waals surface area contributed by atoms with E-state index in [-0.39, 0.29) is 161 Å². The Morgan fingerprint density at radius 1 is 0.308 bits per heavy atom. The highest BCUT2D eigenvalue weighted by molar-refractivity contribution is 5.76. The molecule has 20 fully saturated rings. The van der Waals surface area contributed by atoms with Gasteiger partial charge in [-0.3, -0.25) is 29.0 Å². The summed E-state index contributed by atoms with van der Waals surface area (Å²) in [6, 6.07) is 0. The zero-order valence-electron chi connectivity index (χ0n) is 63.8. The average Bonchev–Trinajstić information content (AvgIpc) is 1.55. The molecule has 32 atom stereocenters. The van der Waals surface area contributed by atoms with Crippen molar-refractivity contribution in [3.05, 3.63) is 0 Å². The minimum atomic E-state index is -0.935. The zero-order valence-corrected chi connectivity index (χ0v) is 63.8. The van der Waals surface area contributed by atoms with Crippen LogP contribution in [-0.4, -0.2) is 195 Å². The van der Waals surface area contributed by atoms with Gasteiger partial charge in [-0.25, -0.2) is 39.1 Å². The predicted octanol–water partition coefficient (Wildman–Crippen LogP) is 10.3. The van der Waals surface area contributed by atoms with Gasteiger partial charge in [0.15, 0.2) is 47.6 Å². The minimum Gasteiger partial charge on any atom is -0.465 e. The zero-order chi connectivity index (χ0) is 72.7. The lowest BCUT2D eigenvalue weighted by Crippen LogP contribution is -2.70. The van der Waals surface area contributed by atoms with Gasteiger partial charge in [0.1, 0.15) is 0 Å². The van der Waals surface area contributed by atoms with E-state index in [4.69, 9.17) is 95.9 Å². The second kappa shape index (κ2) is 28.7. The van der Waals surface area contributed by atoms with Crippen LogP contribution in [0.2, 0.25) is 0 Å². The molecule has 20 aliphatic rings. The molecule has 104 heavy (non-hydrogen) atoms. The number of fused-ring (bicyclic) bond motifs is 8. The first-order valence-electron chi connectivity index (χ1n) is 40.6. The predicted molar refractivity (Wildman–Crippen MR) is 362 cm³/mol. The molecule has 20 rings (SSSR count). The Bertz CT molecular complexity index is 2740. The number of carbonyl (C=O) groups excluding carboxylic acids is 4. The first-order valence-corrected chi connectivity index (χ1v) is 40.6. The number of esters is 4. The highest BCUT2D eigenvalue weighted by Gasteiger charge is 2.74. The van der Waals surface area contributed by atoms with Crippen LogP contribution >= 0.6 is 0 Å². The molecule has 4 aliphatic carbocycles. The van der Waals surface area contributed by atoms with Crippen LogP contribution in [0.4, 0.5) is 0 Å². The SMILES string of the molecule is C[C@@H]1CC[C@H]2[C@@H](C)C(CCOC(=O)CN(CCN(CC(=O)OCCC3O[C@@H]4OC5(C)CC[C@H]6[C@H](C)CC[C@@H]([C@H]3C)[C@@]46OO5)CC(=O)OCCC3O[C@@H]4OC5(C)CC[C@H]6[C@H](C)CC[C@@H]([C@H]3C)[C@@]46OO5)CC(=O)OCCC3O[C@@H]4OC5(C)CC[C@H]6[C@H](C)CC[C@@H]([C@H]3C)[C@@]46OO5)O[C@@H]3OC4(C)CC[C@@H]1[C@]32OO4. The largest absolute Gasteiger partial charge is 0.465 e. The first-order chi connectivity index (χ1) is 49.7. The normalized spacial score (nSPS) is 50.6. The van der Waals surface area contributed by atoms with Crippen LogP contribution in [0.1, 0.15) is 212 Å². The molecule has 0 aromatic carbocycles. The summed E-state index contributed by atoms with van der Waals surface area (Å²) < 4.78 is 78.3. The van der Waals surface area contributed by atoms with Gasteiger partial charge >= 0.3 is 23.9 Å². The Balaban J connectivity index is 0.597.